The van der Waals surface area contributed by atoms with E-state index in [4.69, 9.17) is 11.6 Å². The molecular formula is C14H19ClN2O. The first-order valence-electron chi connectivity index (χ1n) is 6.38. The average molecular weight is 267 g/mol. The van der Waals surface area contributed by atoms with Gasteiger partial charge in [-0.25, -0.2) is 0 Å². The first-order chi connectivity index (χ1) is 8.69. The van der Waals surface area contributed by atoms with Crippen LogP contribution in [0.5, 0.6) is 0 Å². The molecule has 0 aliphatic heterocycles. The van der Waals surface area contributed by atoms with E-state index in [2.05, 4.69) is 10.6 Å². The molecule has 1 aliphatic rings. The van der Waals surface area contributed by atoms with Gasteiger partial charge in [0.2, 0.25) is 5.91 Å². The van der Waals surface area contributed by atoms with Gasteiger partial charge in [-0.2, -0.15) is 0 Å². The lowest BCUT2D eigenvalue weighted by atomic mass is 9.95. The van der Waals surface area contributed by atoms with Crippen LogP contribution in [0.3, 0.4) is 0 Å². The lowest BCUT2D eigenvalue weighted by Gasteiger charge is -2.16. The molecule has 1 amide bonds. The molecule has 18 heavy (non-hydrogen) atoms. The van der Waals surface area contributed by atoms with Gasteiger partial charge in [-0.3, -0.25) is 4.79 Å². The van der Waals surface area contributed by atoms with Gasteiger partial charge in [0.05, 0.1) is 5.41 Å². The van der Waals surface area contributed by atoms with Crippen LogP contribution in [-0.2, 0) is 10.2 Å². The minimum absolute atomic E-state index is 0.140. The highest BCUT2D eigenvalue weighted by atomic mass is 35.5. The van der Waals surface area contributed by atoms with Crippen LogP contribution < -0.4 is 10.6 Å². The van der Waals surface area contributed by atoms with Crippen LogP contribution in [0.4, 0.5) is 0 Å². The van der Waals surface area contributed by atoms with E-state index in [1.165, 1.54) is 0 Å². The van der Waals surface area contributed by atoms with E-state index in [1.54, 1.807) is 0 Å². The quantitative estimate of drug-likeness (QED) is 0.775. The van der Waals surface area contributed by atoms with E-state index in [9.17, 15) is 4.79 Å². The highest BCUT2D eigenvalue weighted by Crippen LogP contribution is 2.48. The van der Waals surface area contributed by atoms with E-state index in [0.717, 1.165) is 37.9 Å². The Labute approximate surface area is 113 Å². The third kappa shape index (κ3) is 2.85. The normalized spacial score (nSPS) is 16.3. The number of amides is 1. The number of carbonyl (C=O) groups excluding carboxylic acids is 1. The van der Waals surface area contributed by atoms with E-state index in [0.29, 0.717) is 5.02 Å². The van der Waals surface area contributed by atoms with Gasteiger partial charge >= 0.3 is 0 Å². The van der Waals surface area contributed by atoms with E-state index in [-0.39, 0.29) is 11.3 Å². The number of carbonyl (C=O) groups is 1. The number of hydrogen-bond donors (Lipinski definition) is 2. The van der Waals surface area contributed by atoms with Gasteiger partial charge in [-0.15, -0.1) is 0 Å². The van der Waals surface area contributed by atoms with Crippen LogP contribution in [-0.4, -0.2) is 26.0 Å². The zero-order chi connectivity index (χ0) is 13.0. The van der Waals surface area contributed by atoms with Crippen molar-refractivity contribution in [2.75, 3.05) is 20.1 Å². The topological polar surface area (TPSA) is 41.1 Å². The van der Waals surface area contributed by atoms with E-state index >= 15 is 0 Å². The van der Waals surface area contributed by atoms with Gasteiger partial charge in [0.1, 0.15) is 0 Å². The van der Waals surface area contributed by atoms with Crippen molar-refractivity contribution >= 4 is 17.5 Å². The molecule has 4 heteroatoms. The average Bonchev–Trinajstić information content (AvgIpc) is 3.16. The van der Waals surface area contributed by atoms with Crippen LogP contribution in [0.1, 0.15) is 24.8 Å². The fourth-order valence-electron chi connectivity index (χ4n) is 2.19. The van der Waals surface area contributed by atoms with Gasteiger partial charge in [0.25, 0.3) is 0 Å². The summed E-state index contributed by atoms with van der Waals surface area (Å²) in [6, 6.07) is 7.64. The van der Waals surface area contributed by atoms with Gasteiger partial charge in [-0.1, -0.05) is 23.7 Å². The molecule has 0 aromatic heterocycles. The molecule has 0 bridgehead atoms. The molecule has 2 rings (SSSR count). The van der Waals surface area contributed by atoms with Gasteiger partial charge in [0, 0.05) is 11.6 Å². The Hall–Kier alpha value is -1.06. The van der Waals surface area contributed by atoms with Gasteiger partial charge < -0.3 is 10.6 Å². The second-order valence-electron chi connectivity index (χ2n) is 4.81. The summed E-state index contributed by atoms with van der Waals surface area (Å²) in [5, 5.41) is 6.78. The summed E-state index contributed by atoms with van der Waals surface area (Å²) < 4.78 is 0. The Balaban J connectivity index is 1.97. The smallest absolute Gasteiger partial charge is 0.230 e. The van der Waals surface area contributed by atoms with Crippen LogP contribution >= 0.6 is 11.6 Å². The summed E-state index contributed by atoms with van der Waals surface area (Å²) in [4.78, 5) is 12.2. The standard InChI is InChI=1S/C14H19ClN2O/c1-16-8-3-9-17-13(18)14(6-7-14)11-4-2-5-12(15)10-11/h2,4-5,10,16H,3,6-9H2,1H3,(H,17,18). The lowest BCUT2D eigenvalue weighted by Crippen LogP contribution is -2.36. The minimum atomic E-state index is -0.315. The fourth-order valence-corrected chi connectivity index (χ4v) is 2.38. The molecule has 1 aromatic rings. The van der Waals surface area contributed by atoms with E-state index < -0.39 is 0 Å². The van der Waals surface area contributed by atoms with Gasteiger partial charge in [0.15, 0.2) is 0 Å². The Morgan fingerprint density at radius 3 is 2.78 bits per heavy atom. The summed E-state index contributed by atoms with van der Waals surface area (Å²) in [7, 11) is 1.91. The maximum absolute atomic E-state index is 12.2. The lowest BCUT2D eigenvalue weighted by molar-refractivity contribution is -0.123. The van der Waals surface area contributed by atoms with Crippen molar-refractivity contribution in [1.29, 1.82) is 0 Å². The predicted octanol–water partition coefficient (Wildman–Crippen LogP) is 2.10. The Morgan fingerprint density at radius 2 is 2.17 bits per heavy atom. The molecule has 1 saturated carbocycles. The molecule has 0 heterocycles. The van der Waals surface area contributed by atoms with Crippen molar-refractivity contribution in [1.82, 2.24) is 10.6 Å². The zero-order valence-electron chi connectivity index (χ0n) is 10.6. The molecule has 0 unspecified atom stereocenters. The molecule has 2 N–H and O–H groups in total. The van der Waals surface area contributed by atoms with Crippen molar-refractivity contribution in [3.63, 3.8) is 0 Å². The summed E-state index contributed by atoms with van der Waals surface area (Å²) in [5.74, 6) is 0.140. The molecule has 0 radical (unpaired) electrons. The third-order valence-corrected chi connectivity index (χ3v) is 3.69. The maximum Gasteiger partial charge on any atom is 0.230 e. The summed E-state index contributed by atoms with van der Waals surface area (Å²) in [6.45, 7) is 1.65. The highest BCUT2D eigenvalue weighted by Gasteiger charge is 2.51. The van der Waals surface area contributed by atoms with Crippen molar-refractivity contribution < 1.29 is 4.79 Å². The largest absolute Gasteiger partial charge is 0.355 e. The third-order valence-electron chi connectivity index (χ3n) is 3.45. The summed E-state index contributed by atoms with van der Waals surface area (Å²) >= 11 is 5.99. The van der Waals surface area contributed by atoms with Crippen molar-refractivity contribution in [2.24, 2.45) is 0 Å². The summed E-state index contributed by atoms with van der Waals surface area (Å²) in [5.41, 5.74) is 0.728. The molecule has 0 atom stereocenters. The number of hydrogen-bond acceptors (Lipinski definition) is 2. The van der Waals surface area contributed by atoms with Gasteiger partial charge in [-0.05, 0) is 50.6 Å². The summed E-state index contributed by atoms with van der Waals surface area (Å²) in [6.07, 6.45) is 2.80. The number of nitrogens with one attached hydrogen (secondary N) is 2. The predicted molar refractivity (Wildman–Crippen MR) is 73.9 cm³/mol. The van der Waals surface area contributed by atoms with Crippen LogP contribution in [0.15, 0.2) is 24.3 Å². The van der Waals surface area contributed by atoms with Crippen LogP contribution in [0, 0.1) is 0 Å². The number of rotatable bonds is 6. The Morgan fingerprint density at radius 1 is 1.39 bits per heavy atom. The minimum Gasteiger partial charge on any atom is -0.355 e. The van der Waals surface area contributed by atoms with Crippen LogP contribution in [0.25, 0.3) is 0 Å². The van der Waals surface area contributed by atoms with E-state index in [1.807, 2.05) is 31.3 Å². The molecule has 0 saturated heterocycles. The molecule has 98 valence electrons. The fraction of sp³-hybridized carbons (Fsp3) is 0.500. The Kier molecular flexibility index (Phi) is 4.25. The maximum atomic E-state index is 12.2. The number of halogens is 1. The Bertz CT molecular complexity index is 430. The highest BCUT2D eigenvalue weighted by molar-refractivity contribution is 6.30. The number of benzene rings is 1. The molecule has 1 aliphatic carbocycles. The second kappa shape index (κ2) is 5.72. The first-order valence-corrected chi connectivity index (χ1v) is 6.76. The molecular weight excluding hydrogens is 248 g/mol. The zero-order valence-corrected chi connectivity index (χ0v) is 11.4. The second-order valence-corrected chi connectivity index (χ2v) is 5.24. The first kappa shape index (κ1) is 13.4. The van der Waals surface area contributed by atoms with Crippen molar-refractivity contribution in [3.05, 3.63) is 34.9 Å². The molecule has 0 spiro atoms. The van der Waals surface area contributed by atoms with Crippen molar-refractivity contribution in [3.8, 4) is 0 Å². The molecule has 1 aromatic carbocycles. The van der Waals surface area contributed by atoms with Crippen LogP contribution in [0.2, 0.25) is 5.02 Å². The molecule has 3 nitrogen and oxygen atoms in total. The monoisotopic (exact) mass is 266 g/mol. The molecule has 1 fully saturated rings. The SMILES string of the molecule is CNCCCNC(=O)C1(c2cccc(Cl)c2)CC1. The van der Waals surface area contributed by atoms with Crippen molar-refractivity contribution in [2.45, 2.75) is 24.7 Å².